The maximum Gasteiger partial charge on any atom is 0.348 e. The maximum atomic E-state index is 10.8. The smallest absolute Gasteiger partial charge is 0.348 e. The number of carbonyl (C=O) groups is 1. The third-order valence-electron chi connectivity index (χ3n) is 3.38. The molecular formula is C15H23Cl5O2. The van der Waals surface area contributed by atoms with Crippen LogP contribution in [0.3, 0.4) is 0 Å². The number of aliphatic carboxylic acids is 1. The zero-order valence-electron chi connectivity index (χ0n) is 12.7. The van der Waals surface area contributed by atoms with Gasteiger partial charge in [0.05, 0.1) is 10.4 Å². The first-order chi connectivity index (χ1) is 10.2. The molecule has 0 aliphatic rings. The maximum absolute atomic E-state index is 10.8. The molecule has 0 aromatic carbocycles. The summed E-state index contributed by atoms with van der Waals surface area (Å²) in [6.07, 6.45) is 9.88. The molecular weight excluding hydrogens is 389 g/mol. The van der Waals surface area contributed by atoms with Gasteiger partial charge in [0.15, 0.2) is 4.33 Å². The van der Waals surface area contributed by atoms with E-state index < -0.39 is 20.7 Å². The summed E-state index contributed by atoms with van der Waals surface area (Å²) in [5.74, 6) is -1.38. The topological polar surface area (TPSA) is 37.3 Å². The second-order valence-electron chi connectivity index (χ2n) is 5.29. The Bertz CT molecular complexity index is 369. The Morgan fingerprint density at radius 1 is 1.00 bits per heavy atom. The summed E-state index contributed by atoms with van der Waals surface area (Å²) >= 11 is 29.7. The molecule has 0 heterocycles. The fourth-order valence-electron chi connectivity index (χ4n) is 2.02. The SMILES string of the molecule is CCCCCCCCCCC(Cl)C(Cl)(Cl)C(Cl)=C(Cl)C(=O)O. The molecule has 7 heteroatoms. The second kappa shape index (κ2) is 12.1. The first-order valence-corrected chi connectivity index (χ1v) is 9.50. The van der Waals surface area contributed by atoms with Gasteiger partial charge < -0.3 is 5.11 Å². The van der Waals surface area contributed by atoms with Crippen LogP contribution in [-0.4, -0.2) is 20.8 Å². The summed E-state index contributed by atoms with van der Waals surface area (Å²) < 4.78 is -1.69. The molecule has 22 heavy (non-hydrogen) atoms. The summed E-state index contributed by atoms with van der Waals surface area (Å²) in [7, 11) is 0. The molecule has 0 fully saturated rings. The van der Waals surface area contributed by atoms with Crippen molar-refractivity contribution in [2.75, 3.05) is 0 Å². The van der Waals surface area contributed by atoms with Gasteiger partial charge in [-0.05, 0) is 6.42 Å². The van der Waals surface area contributed by atoms with Gasteiger partial charge in [-0.2, -0.15) is 0 Å². The van der Waals surface area contributed by atoms with Gasteiger partial charge in [0, 0.05) is 0 Å². The molecule has 0 saturated carbocycles. The van der Waals surface area contributed by atoms with Crippen LogP contribution in [0.25, 0.3) is 0 Å². The van der Waals surface area contributed by atoms with Crippen molar-refractivity contribution in [1.82, 2.24) is 0 Å². The van der Waals surface area contributed by atoms with Crippen LogP contribution >= 0.6 is 58.0 Å². The molecule has 0 spiro atoms. The molecule has 0 aliphatic carbocycles. The van der Waals surface area contributed by atoms with E-state index in [0.29, 0.717) is 6.42 Å². The first-order valence-electron chi connectivity index (χ1n) is 7.56. The van der Waals surface area contributed by atoms with Gasteiger partial charge in [0.1, 0.15) is 5.03 Å². The van der Waals surface area contributed by atoms with Crippen LogP contribution in [-0.2, 0) is 4.79 Å². The van der Waals surface area contributed by atoms with Crippen molar-refractivity contribution in [2.24, 2.45) is 0 Å². The second-order valence-corrected chi connectivity index (χ2v) is 7.96. The van der Waals surface area contributed by atoms with E-state index in [2.05, 4.69) is 6.92 Å². The molecule has 1 atom stereocenters. The number of allylic oxidation sites excluding steroid dienone is 1. The standard InChI is InChI=1S/C15H23Cl5O2/c1-2-3-4-5-6-7-8-9-10-11(16)15(19,20)13(18)12(17)14(21)22/h11H,2-10H2,1H3,(H,21,22). The summed E-state index contributed by atoms with van der Waals surface area (Å²) in [4.78, 5) is 10.8. The number of rotatable bonds is 12. The molecule has 0 radical (unpaired) electrons. The van der Waals surface area contributed by atoms with Gasteiger partial charge >= 0.3 is 5.97 Å². The minimum Gasteiger partial charge on any atom is -0.477 e. The van der Waals surface area contributed by atoms with E-state index >= 15 is 0 Å². The Balaban J connectivity index is 4.12. The quantitative estimate of drug-likeness (QED) is 0.211. The monoisotopic (exact) mass is 410 g/mol. The zero-order valence-corrected chi connectivity index (χ0v) is 16.5. The molecule has 0 saturated heterocycles. The fraction of sp³-hybridized carbons (Fsp3) is 0.800. The number of unbranched alkanes of at least 4 members (excludes halogenated alkanes) is 7. The Labute approximate surface area is 158 Å². The number of carboxylic acids is 1. The van der Waals surface area contributed by atoms with Crippen molar-refractivity contribution in [3.05, 3.63) is 10.1 Å². The summed E-state index contributed by atoms with van der Waals surface area (Å²) in [5.41, 5.74) is 0. The molecule has 0 rings (SSSR count). The van der Waals surface area contributed by atoms with Crippen molar-refractivity contribution in [1.29, 1.82) is 0 Å². The number of halogens is 5. The van der Waals surface area contributed by atoms with Crippen molar-refractivity contribution >= 4 is 64.0 Å². The number of alkyl halides is 3. The Hall–Kier alpha value is 0.660. The van der Waals surface area contributed by atoms with Gasteiger partial charge in [-0.15, -0.1) is 11.6 Å². The third kappa shape index (κ3) is 8.49. The number of hydrogen-bond donors (Lipinski definition) is 1. The van der Waals surface area contributed by atoms with E-state index in [1.165, 1.54) is 32.1 Å². The summed E-state index contributed by atoms with van der Waals surface area (Å²) in [6.45, 7) is 2.20. The Morgan fingerprint density at radius 2 is 1.45 bits per heavy atom. The van der Waals surface area contributed by atoms with E-state index in [4.69, 9.17) is 63.1 Å². The van der Waals surface area contributed by atoms with E-state index in [9.17, 15) is 4.79 Å². The van der Waals surface area contributed by atoms with Crippen LogP contribution in [0, 0.1) is 0 Å². The Kier molecular flexibility index (Phi) is 12.4. The van der Waals surface area contributed by atoms with Crippen LogP contribution < -0.4 is 0 Å². The predicted octanol–water partition coefficient (Wildman–Crippen LogP) is 7.07. The van der Waals surface area contributed by atoms with E-state index in [0.717, 1.165) is 19.3 Å². The molecule has 0 aliphatic heterocycles. The van der Waals surface area contributed by atoms with Crippen LogP contribution in [0.4, 0.5) is 0 Å². The predicted molar refractivity (Wildman–Crippen MR) is 97.7 cm³/mol. The highest BCUT2D eigenvalue weighted by Gasteiger charge is 2.39. The molecule has 0 aromatic heterocycles. The fourth-order valence-corrected chi connectivity index (χ4v) is 3.20. The van der Waals surface area contributed by atoms with Gasteiger partial charge in [0.2, 0.25) is 0 Å². The molecule has 1 unspecified atom stereocenters. The molecule has 2 nitrogen and oxygen atoms in total. The summed E-state index contributed by atoms with van der Waals surface area (Å²) in [6, 6.07) is 0. The van der Waals surface area contributed by atoms with Gasteiger partial charge in [-0.25, -0.2) is 4.79 Å². The van der Waals surface area contributed by atoms with Crippen LogP contribution in [0.15, 0.2) is 10.1 Å². The minimum atomic E-state index is -1.69. The number of carboxylic acid groups (broad SMARTS) is 1. The highest BCUT2D eigenvalue weighted by Crippen LogP contribution is 2.43. The largest absolute Gasteiger partial charge is 0.477 e. The molecule has 0 aromatic rings. The van der Waals surface area contributed by atoms with Crippen LogP contribution in [0.1, 0.15) is 64.7 Å². The van der Waals surface area contributed by atoms with Crippen molar-refractivity contribution < 1.29 is 9.90 Å². The van der Waals surface area contributed by atoms with Gasteiger partial charge in [-0.3, -0.25) is 0 Å². The lowest BCUT2D eigenvalue weighted by Gasteiger charge is -2.25. The lowest BCUT2D eigenvalue weighted by Crippen LogP contribution is -2.28. The highest BCUT2D eigenvalue weighted by atomic mass is 35.5. The lowest BCUT2D eigenvalue weighted by atomic mass is 10.1. The highest BCUT2D eigenvalue weighted by molar-refractivity contribution is 6.61. The van der Waals surface area contributed by atoms with Crippen molar-refractivity contribution in [2.45, 2.75) is 74.4 Å². The molecule has 0 bridgehead atoms. The van der Waals surface area contributed by atoms with E-state index in [1.807, 2.05) is 0 Å². The summed E-state index contributed by atoms with van der Waals surface area (Å²) in [5, 5.41) is 7.15. The van der Waals surface area contributed by atoms with Gasteiger partial charge in [0.25, 0.3) is 0 Å². The Morgan fingerprint density at radius 3 is 1.91 bits per heavy atom. The van der Waals surface area contributed by atoms with E-state index in [-0.39, 0.29) is 5.03 Å². The van der Waals surface area contributed by atoms with Crippen molar-refractivity contribution in [3.63, 3.8) is 0 Å². The average molecular weight is 413 g/mol. The van der Waals surface area contributed by atoms with Crippen molar-refractivity contribution in [3.8, 4) is 0 Å². The first kappa shape index (κ1) is 22.7. The zero-order chi connectivity index (χ0) is 17.2. The van der Waals surface area contributed by atoms with Gasteiger partial charge in [-0.1, -0.05) is 105 Å². The third-order valence-corrected chi connectivity index (χ3v) is 6.18. The minimum absolute atomic E-state index is 0.343. The molecule has 0 amide bonds. The number of hydrogen-bond acceptors (Lipinski definition) is 1. The molecule has 1 N–H and O–H groups in total. The average Bonchev–Trinajstić information content (AvgIpc) is 2.47. The lowest BCUT2D eigenvalue weighted by molar-refractivity contribution is -0.131. The van der Waals surface area contributed by atoms with Crippen LogP contribution in [0.2, 0.25) is 0 Å². The van der Waals surface area contributed by atoms with Crippen LogP contribution in [0.5, 0.6) is 0 Å². The molecule has 130 valence electrons. The normalized spacial score (nSPS) is 14.6. The van der Waals surface area contributed by atoms with E-state index in [1.54, 1.807) is 0 Å².